The average molecular weight is 490 g/mol. The Kier molecular flexibility index (Phi) is 8.23. The summed E-state index contributed by atoms with van der Waals surface area (Å²) in [6.07, 6.45) is 1.27. The van der Waals surface area contributed by atoms with Crippen molar-refractivity contribution in [2.75, 3.05) is 12.4 Å². The van der Waals surface area contributed by atoms with Crippen LogP contribution in [0.5, 0.6) is 11.5 Å². The van der Waals surface area contributed by atoms with Gasteiger partial charge in [0, 0.05) is 21.8 Å². The second-order valence-electron chi connectivity index (χ2n) is 6.53. The maximum Gasteiger partial charge on any atom is 0.329 e. The van der Waals surface area contributed by atoms with E-state index < -0.39 is 17.6 Å². The molecule has 0 aliphatic carbocycles. The van der Waals surface area contributed by atoms with Gasteiger partial charge in [-0.2, -0.15) is 5.10 Å². The third-order valence-electron chi connectivity index (χ3n) is 4.31. The highest BCUT2D eigenvalue weighted by atomic mass is 35.5. The molecule has 3 rings (SSSR count). The van der Waals surface area contributed by atoms with Crippen molar-refractivity contribution in [1.82, 2.24) is 5.43 Å². The number of rotatable bonds is 7. The standard InChI is InChI=1S/C23H18Cl2FN3O4/c1-32-20-10-2-5-14(21(20)33-13-17-18(25)8-4-9-19(17)26)12-27-29-23(31)22(30)28-16-7-3-6-15(24)11-16/h2-12H,13H2,1H3,(H,28,30)(H,29,31)/b27-12-. The summed E-state index contributed by atoms with van der Waals surface area (Å²) in [5, 5.41) is 6.84. The lowest BCUT2D eigenvalue weighted by Gasteiger charge is -2.14. The third-order valence-corrected chi connectivity index (χ3v) is 4.90. The van der Waals surface area contributed by atoms with E-state index in [2.05, 4.69) is 15.8 Å². The molecule has 10 heteroatoms. The van der Waals surface area contributed by atoms with Gasteiger partial charge in [-0.3, -0.25) is 9.59 Å². The van der Waals surface area contributed by atoms with Crippen molar-refractivity contribution in [2.45, 2.75) is 6.61 Å². The van der Waals surface area contributed by atoms with Crippen LogP contribution in [0.15, 0.2) is 65.8 Å². The van der Waals surface area contributed by atoms with E-state index in [1.54, 1.807) is 42.5 Å². The minimum absolute atomic E-state index is 0.166. The summed E-state index contributed by atoms with van der Waals surface area (Å²) in [4.78, 5) is 24.1. The van der Waals surface area contributed by atoms with Crippen LogP contribution in [0.4, 0.5) is 10.1 Å². The van der Waals surface area contributed by atoms with Gasteiger partial charge in [0.25, 0.3) is 0 Å². The molecule has 0 saturated carbocycles. The van der Waals surface area contributed by atoms with E-state index in [1.807, 2.05) is 0 Å². The second-order valence-corrected chi connectivity index (χ2v) is 7.37. The Morgan fingerprint density at radius 2 is 1.82 bits per heavy atom. The predicted octanol–water partition coefficient (Wildman–Crippen LogP) is 4.81. The highest BCUT2D eigenvalue weighted by Crippen LogP contribution is 2.32. The van der Waals surface area contributed by atoms with E-state index >= 15 is 0 Å². The summed E-state index contributed by atoms with van der Waals surface area (Å²) < 4.78 is 25.1. The van der Waals surface area contributed by atoms with Gasteiger partial charge in [0.1, 0.15) is 12.4 Å². The van der Waals surface area contributed by atoms with Crippen molar-refractivity contribution in [3.05, 3.63) is 87.7 Å². The molecule has 0 radical (unpaired) electrons. The number of anilines is 1. The molecule has 0 bridgehead atoms. The number of hydrogen-bond donors (Lipinski definition) is 2. The van der Waals surface area contributed by atoms with E-state index in [0.29, 0.717) is 22.0 Å². The van der Waals surface area contributed by atoms with Crippen molar-refractivity contribution < 1.29 is 23.5 Å². The van der Waals surface area contributed by atoms with Gasteiger partial charge in [-0.05, 0) is 42.5 Å². The van der Waals surface area contributed by atoms with Crippen molar-refractivity contribution in [1.29, 1.82) is 0 Å². The minimum atomic E-state index is -0.991. The number of hydrazone groups is 1. The van der Waals surface area contributed by atoms with Crippen LogP contribution in [-0.2, 0) is 16.2 Å². The van der Waals surface area contributed by atoms with Gasteiger partial charge in [0.15, 0.2) is 11.5 Å². The number of nitrogens with zero attached hydrogens (tertiary/aromatic N) is 1. The molecule has 3 aromatic rings. The van der Waals surface area contributed by atoms with Crippen LogP contribution < -0.4 is 20.2 Å². The monoisotopic (exact) mass is 489 g/mol. The minimum Gasteiger partial charge on any atom is -0.493 e. The second kappa shape index (κ2) is 11.3. The Morgan fingerprint density at radius 3 is 2.55 bits per heavy atom. The first-order valence-electron chi connectivity index (χ1n) is 9.51. The fourth-order valence-corrected chi connectivity index (χ4v) is 3.14. The number of halogens is 3. The lowest BCUT2D eigenvalue weighted by atomic mass is 10.2. The summed E-state index contributed by atoms with van der Waals surface area (Å²) in [6.45, 7) is -0.166. The van der Waals surface area contributed by atoms with Crippen LogP contribution in [0.2, 0.25) is 10.0 Å². The smallest absolute Gasteiger partial charge is 0.329 e. The molecule has 0 aliphatic rings. The summed E-state index contributed by atoms with van der Waals surface area (Å²) in [5.41, 5.74) is 3.09. The Morgan fingerprint density at radius 1 is 1.06 bits per heavy atom. The molecule has 0 spiro atoms. The van der Waals surface area contributed by atoms with E-state index in [4.69, 9.17) is 32.7 Å². The molecule has 3 aromatic carbocycles. The molecular weight excluding hydrogens is 472 g/mol. The summed E-state index contributed by atoms with van der Waals surface area (Å²) in [5.74, 6) is -1.82. The normalized spacial score (nSPS) is 10.7. The SMILES string of the molecule is COc1cccc(/C=N\NC(=O)C(=O)Nc2cccc(Cl)c2)c1OCc1c(F)cccc1Cl. The number of carbonyl (C=O) groups is 2. The summed E-state index contributed by atoms with van der Waals surface area (Å²) in [6, 6.07) is 15.6. The molecule has 2 N–H and O–H groups in total. The highest BCUT2D eigenvalue weighted by molar-refractivity contribution is 6.39. The van der Waals surface area contributed by atoms with Crippen molar-refractivity contribution in [3.63, 3.8) is 0 Å². The molecule has 0 unspecified atom stereocenters. The maximum atomic E-state index is 14.1. The lowest BCUT2D eigenvalue weighted by Crippen LogP contribution is -2.32. The maximum absolute atomic E-state index is 14.1. The number of amides is 2. The van der Waals surface area contributed by atoms with Gasteiger partial charge in [-0.1, -0.05) is 41.4 Å². The number of para-hydroxylation sites is 1. The summed E-state index contributed by atoms with van der Waals surface area (Å²) >= 11 is 11.9. The Hall–Kier alpha value is -3.62. The quantitative estimate of drug-likeness (QED) is 0.283. The molecule has 0 aromatic heterocycles. The highest BCUT2D eigenvalue weighted by Gasteiger charge is 2.15. The third kappa shape index (κ3) is 6.44. The number of benzene rings is 3. The van der Waals surface area contributed by atoms with Gasteiger partial charge in [-0.15, -0.1) is 0 Å². The number of ether oxygens (including phenoxy) is 2. The van der Waals surface area contributed by atoms with Crippen LogP contribution >= 0.6 is 23.2 Å². The molecule has 0 atom stereocenters. The van der Waals surface area contributed by atoms with E-state index in [9.17, 15) is 14.0 Å². The van der Waals surface area contributed by atoms with Gasteiger partial charge in [-0.25, -0.2) is 9.82 Å². The molecule has 33 heavy (non-hydrogen) atoms. The van der Waals surface area contributed by atoms with Gasteiger partial charge >= 0.3 is 11.8 Å². The molecule has 7 nitrogen and oxygen atoms in total. The van der Waals surface area contributed by atoms with Crippen LogP contribution in [0.3, 0.4) is 0 Å². The lowest BCUT2D eigenvalue weighted by molar-refractivity contribution is -0.136. The fraction of sp³-hybridized carbons (Fsp3) is 0.0870. The van der Waals surface area contributed by atoms with Crippen molar-refractivity contribution in [3.8, 4) is 11.5 Å². The van der Waals surface area contributed by atoms with E-state index in [-0.39, 0.29) is 22.9 Å². The van der Waals surface area contributed by atoms with Gasteiger partial charge in [0.2, 0.25) is 0 Å². The van der Waals surface area contributed by atoms with Gasteiger partial charge in [0.05, 0.1) is 18.3 Å². The number of carbonyl (C=O) groups excluding carboxylic acids is 2. The van der Waals surface area contributed by atoms with Crippen molar-refractivity contribution >= 4 is 46.9 Å². The first-order valence-corrected chi connectivity index (χ1v) is 10.3. The Bertz CT molecular complexity index is 1180. The van der Waals surface area contributed by atoms with Crippen LogP contribution in [0.25, 0.3) is 0 Å². The Labute approximate surface area is 199 Å². The zero-order valence-corrected chi connectivity index (χ0v) is 18.8. The molecular formula is C23H18Cl2FN3O4. The number of nitrogens with one attached hydrogen (secondary N) is 2. The molecule has 0 fully saturated rings. The first kappa shape index (κ1) is 24.0. The zero-order chi connectivity index (χ0) is 23.8. The molecule has 0 aliphatic heterocycles. The van der Waals surface area contributed by atoms with Crippen molar-refractivity contribution in [2.24, 2.45) is 5.10 Å². The number of hydrogen-bond acceptors (Lipinski definition) is 5. The molecule has 2 amide bonds. The molecule has 0 heterocycles. The Balaban J connectivity index is 1.70. The summed E-state index contributed by atoms with van der Waals surface area (Å²) in [7, 11) is 1.45. The first-order chi connectivity index (χ1) is 15.9. The molecule has 170 valence electrons. The topological polar surface area (TPSA) is 89.0 Å². The molecule has 0 saturated heterocycles. The largest absolute Gasteiger partial charge is 0.493 e. The van der Waals surface area contributed by atoms with E-state index in [0.717, 1.165) is 0 Å². The van der Waals surface area contributed by atoms with Crippen LogP contribution in [0, 0.1) is 5.82 Å². The fourth-order valence-electron chi connectivity index (χ4n) is 2.73. The zero-order valence-electron chi connectivity index (χ0n) is 17.3. The predicted molar refractivity (Wildman–Crippen MR) is 125 cm³/mol. The van der Waals surface area contributed by atoms with Crippen LogP contribution in [-0.4, -0.2) is 25.1 Å². The average Bonchev–Trinajstić information content (AvgIpc) is 2.79. The number of methoxy groups -OCH3 is 1. The van der Waals surface area contributed by atoms with Crippen LogP contribution in [0.1, 0.15) is 11.1 Å². The van der Waals surface area contributed by atoms with Gasteiger partial charge < -0.3 is 14.8 Å². The van der Waals surface area contributed by atoms with E-state index in [1.165, 1.54) is 31.5 Å².